The number of hydrogen-bond acceptors (Lipinski definition) is 6. The van der Waals surface area contributed by atoms with Gasteiger partial charge in [-0.05, 0) is 36.4 Å². The highest BCUT2D eigenvalue weighted by molar-refractivity contribution is 7.99. The number of thioether (sulfide) groups is 1. The van der Waals surface area contributed by atoms with Crippen LogP contribution in [-0.2, 0) is 4.79 Å². The second kappa shape index (κ2) is 7.29. The van der Waals surface area contributed by atoms with Crippen molar-refractivity contribution < 1.29 is 14.0 Å². The molecule has 3 N–H and O–H groups in total. The van der Waals surface area contributed by atoms with Gasteiger partial charge in [0.05, 0.1) is 12.3 Å². The number of nitrogens with one attached hydrogen (secondary N) is 1. The van der Waals surface area contributed by atoms with E-state index in [1.807, 2.05) is 24.3 Å². The molecule has 6 nitrogen and oxygen atoms in total. The average molecular weight is 341 g/mol. The highest BCUT2D eigenvalue weighted by Crippen LogP contribution is 2.23. The summed E-state index contributed by atoms with van der Waals surface area (Å²) in [7, 11) is 0. The smallest absolute Gasteiger partial charge is 0.257 e. The van der Waals surface area contributed by atoms with Crippen LogP contribution in [0, 0.1) is 0 Å². The van der Waals surface area contributed by atoms with Gasteiger partial charge >= 0.3 is 0 Å². The molecule has 0 spiro atoms. The Morgan fingerprint density at radius 1 is 1.12 bits per heavy atom. The van der Waals surface area contributed by atoms with Gasteiger partial charge in [0.2, 0.25) is 5.91 Å². The molecular formula is C17H15N3O3S. The number of anilines is 1. The summed E-state index contributed by atoms with van der Waals surface area (Å²) in [5, 5.41) is 3.21. The second-order valence-corrected chi connectivity index (χ2v) is 5.92. The van der Waals surface area contributed by atoms with Crippen LogP contribution in [0.4, 0.5) is 5.69 Å². The normalized spacial score (nSPS) is 10.7. The van der Waals surface area contributed by atoms with Crippen molar-refractivity contribution in [2.24, 2.45) is 5.73 Å². The van der Waals surface area contributed by atoms with Crippen molar-refractivity contribution in [1.29, 1.82) is 0 Å². The Labute approximate surface area is 142 Å². The minimum absolute atomic E-state index is 0.0349. The molecule has 3 rings (SSSR count). The molecule has 1 amide bonds. The Hall–Kier alpha value is -2.64. The van der Waals surface area contributed by atoms with Gasteiger partial charge < -0.3 is 15.5 Å². The third kappa shape index (κ3) is 3.81. The number of rotatable bonds is 6. The standard InChI is InChI=1S/C17H15N3O3S/c18-9-14(21)11-5-7-12(8-6-11)19-16(22)10-24-17-20-13-3-1-2-4-15(13)23-17/h1-8H,9-10,18H2,(H,19,22). The molecule has 0 saturated carbocycles. The zero-order valence-electron chi connectivity index (χ0n) is 12.7. The van der Waals surface area contributed by atoms with Gasteiger partial charge in [-0.3, -0.25) is 9.59 Å². The number of hydrogen-bond donors (Lipinski definition) is 2. The van der Waals surface area contributed by atoms with Crippen LogP contribution in [0.1, 0.15) is 10.4 Å². The monoisotopic (exact) mass is 341 g/mol. The Balaban J connectivity index is 1.56. The van der Waals surface area contributed by atoms with Crippen LogP contribution in [0.25, 0.3) is 11.1 Å². The summed E-state index contributed by atoms with van der Waals surface area (Å²) < 4.78 is 5.55. The third-order valence-electron chi connectivity index (χ3n) is 3.28. The van der Waals surface area contributed by atoms with E-state index in [4.69, 9.17) is 10.2 Å². The number of benzene rings is 2. The molecule has 0 saturated heterocycles. The fourth-order valence-corrected chi connectivity index (χ4v) is 2.73. The predicted octanol–water partition coefficient (Wildman–Crippen LogP) is 2.70. The second-order valence-electron chi connectivity index (χ2n) is 4.99. The number of para-hydroxylation sites is 2. The van der Waals surface area contributed by atoms with Crippen molar-refractivity contribution in [2.75, 3.05) is 17.6 Å². The van der Waals surface area contributed by atoms with E-state index in [0.717, 1.165) is 5.52 Å². The molecular weight excluding hydrogens is 326 g/mol. The number of oxazole rings is 1. The summed E-state index contributed by atoms with van der Waals surface area (Å²) >= 11 is 1.22. The molecule has 0 fully saturated rings. The van der Waals surface area contributed by atoms with Crippen molar-refractivity contribution in [3.63, 3.8) is 0 Å². The van der Waals surface area contributed by atoms with Crippen molar-refractivity contribution in [2.45, 2.75) is 5.22 Å². The number of nitrogens with zero attached hydrogens (tertiary/aromatic N) is 1. The Bertz CT molecular complexity index is 841. The van der Waals surface area contributed by atoms with Crippen LogP contribution >= 0.6 is 11.8 Å². The van der Waals surface area contributed by atoms with Gasteiger partial charge in [0.1, 0.15) is 5.52 Å². The van der Waals surface area contributed by atoms with Crippen molar-refractivity contribution in [3.05, 3.63) is 54.1 Å². The molecule has 0 bridgehead atoms. The quantitative estimate of drug-likeness (QED) is 0.528. The van der Waals surface area contributed by atoms with Gasteiger partial charge in [0.25, 0.3) is 5.22 Å². The lowest BCUT2D eigenvalue weighted by atomic mass is 10.1. The first-order valence-electron chi connectivity index (χ1n) is 7.27. The van der Waals surface area contributed by atoms with E-state index in [0.29, 0.717) is 22.1 Å². The van der Waals surface area contributed by atoms with E-state index < -0.39 is 0 Å². The van der Waals surface area contributed by atoms with Crippen molar-refractivity contribution in [3.8, 4) is 0 Å². The summed E-state index contributed by atoms with van der Waals surface area (Å²) in [6.07, 6.45) is 0. The number of carbonyl (C=O) groups excluding carboxylic acids is 2. The van der Waals surface area contributed by atoms with E-state index in [9.17, 15) is 9.59 Å². The third-order valence-corrected chi connectivity index (χ3v) is 4.11. The SMILES string of the molecule is NCC(=O)c1ccc(NC(=O)CSc2nc3ccccc3o2)cc1. The van der Waals surface area contributed by atoms with E-state index in [1.54, 1.807) is 24.3 Å². The summed E-state index contributed by atoms with van der Waals surface area (Å²) in [6, 6.07) is 14.1. The molecule has 0 aliphatic heterocycles. The molecule has 2 aromatic carbocycles. The lowest BCUT2D eigenvalue weighted by molar-refractivity contribution is -0.113. The summed E-state index contributed by atoms with van der Waals surface area (Å²) in [4.78, 5) is 27.7. The topological polar surface area (TPSA) is 98.2 Å². The highest BCUT2D eigenvalue weighted by Gasteiger charge is 2.10. The molecule has 0 aliphatic rings. The van der Waals surface area contributed by atoms with Crippen molar-refractivity contribution in [1.82, 2.24) is 4.98 Å². The van der Waals surface area contributed by atoms with Crippen LogP contribution in [-0.4, -0.2) is 29.0 Å². The molecule has 0 aliphatic carbocycles. The summed E-state index contributed by atoms with van der Waals surface area (Å²) in [5.41, 5.74) is 7.91. The Morgan fingerprint density at radius 3 is 2.58 bits per heavy atom. The highest BCUT2D eigenvalue weighted by atomic mass is 32.2. The van der Waals surface area contributed by atoms with Gasteiger partial charge in [0.15, 0.2) is 11.4 Å². The number of amides is 1. The summed E-state index contributed by atoms with van der Waals surface area (Å²) in [5.74, 6) is -0.143. The average Bonchev–Trinajstić information content (AvgIpc) is 3.03. The maximum absolute atomic E-state index is 12.0. The first kappa shape index (κ1) is 16.2. The maximum atomic E-state index is 12.0. The van der Waals surface area contributed by atoms with E-state index in [1.165, 1.54) is 11.8 Å². The number of aromatic nitrogens is 1. The number of fused-ring (bicyclic) bond motifs is 1. The van der Waals surface area contributed by atoms with Crippen LogP contribution in [0.3, 0.4) is 0 Å². The molecule has 3 aromatic rings. The number of ketones is 1. The molecule has 7 heteroatoms. The zero-order valence-corrected chi connectivity index (χ0v) is 13.5. The Morgan fingerprint density at radius 2 is 1.88 bits per heavy atom. The zero-order chi connectivity index (χ0) is 16.9. The van der Waals surface area contributed by atoms with E-state index in [2.05, 4.69) is 10.3 Å². The van der Waals surface area contributed by atoms with Crippen molar-refractivity contribution >= 4 is 40.2 Å². The van der Waals surface area contributed by atoms with Gasteiger partial charge in [-0.25, -0.2) is 4.98 Å². The van der Waals surface area contributed by atoms with E-state index in [-0.39, 0.29) is 24.0 Å². The predicted molar refractivity (Wildman–Crippen MR) is 93.2 cm³/mol. The lowest BCUT2D eigenvalue weighted by Gasteiger charge is -2.05. The minimum atomic E-state index is -0.180. The van der Waals surface area contributed by atoms with Gasteiger partial charge in [0, 0.05) is 11.3 Å². The van der Waals surface area contributed by atoms with E-state index >= 15 is 0 Å². The first-order valence-corrected chi connectivity index (χ1v) is 8.26. The van der Waals surface area contributed by atoms with Gasteiger partial charge in [-0.2, -0.15) is 0 Å². The fraction of sp³-hybridized carbons (Fsp3) is 0.118. The number of carbonyl (C=O) groups is 2. The molecule has 24 heavy (non-hydrogen) atoms. The molecule has 1 heterocycles. The molecule has 0 atom stereocenters. The van der Waals surface area contributed by atoms with Gasteiger partial charge in [-0.1, -0.05) is 23.9 Å². The van der Waals surface area contributed by atoms with Crippen LogP contribution in [0.15, 0.2) is 58.2 Å². The largest absolute Gasteiger partial charge is 0.431 e. The van der Waals surface area contributed by atoms with Crippen LogP contribution < -0.4 is 11.1 Å². The maximum Gasteiger partial charge on any atom is 0.257 e. The summed E-state index contributed by atoms with van der Waals surface area (Å²) in [6.45, 7) is -0.0349. The molecule has 122 valence electrons. The lowest BCUT2D eigenvalue weighted by Crippen LogP contribution is -2.15. The fourth-order valence-electron chi connectivity index (χ4n) is 2.09. The molecule has 1 aromatic heterocycles. The molecule has 0 unspecified atom stereocenters. The Kier molecular flexibility index (Phi) is 4.93. The van der Waals surface area contributed by atoms with Crippen LogP contribution in [0.5, 0.6) is 0 Å². The number of nitrogens with two attached hydrogens (primary N) is 1. The first-order chi connectivity index (χ1) is 11.7. The molecule has 0 radical (unpaired) electrons. The van der Waals surface area contributed by atoms with Crippen LogP contribution in [0.2, 0.25) is 0 Å². The minimum Gasteiger partial charge on any atom is -0.431 e. The number of Topliss-reactive ketones (excluding diaryl/α,β-unsaturated/α-hetero) is 1. The van der Waals surface area contributed by atoms with Gasteiger partial charge in [-0.15, -0.1) is 0 Å².